The topological polar surface area (TPSA) is 160 Å². The van der Waals surface area contributed by atoms with Gasteiger partial charge in [-0.15, -0.1) is 0 Å². The van der Waals surface area contributed by atoms with Crippen LogP contribution in [0.4, 0.5) is 18.9 Å². The molecule has 2 aromatic heterocycles. The fraction of sp³-hybridized carbons (Fsp3) is 0.492. The third-order valence-corrected chi connectivity index (χ3v) is 16.5. The van der Waals surface area contributed by atoms with Gasteiger partial charge in [-0.1, -0.05) is 55.8 Å². The zero-order valence-electron chi connectivity index (χ0n) is 44.0. The first-order chi connectivity index (χ1) is 37.0. The number of alkyl halides is 3. The average Bonchev–Trinajstić information content (AvgIpc) is 4.06. The lowest BCUT2D eigenvalue weighted by Gasteiger charge is -2.51. The van der Waals surface area contributed by atoms with Gasteiger partial charge in [0.15, 0.2) is 6.04 Å². The van der Waals surface area contributed by atoms with E-state index >= 15 is 0 Å². The Kier molecular flexibility index (Phi) is 17.0. The second kappa shape index (κ2) is 23.6. The van der Waals surface area contributed by atoms with Crippen LogP contribution >= 0.6 is 11.6 Å². The third kappa shape index (κ3) is 11.9. The molecule has 3 aromatic carbocycles. The van der Waals surface area contributed by atoms with Gasteiger partial charge < -0.3 is 29.0 Å². The number of amides is 2. The van der Waals surface area contributed by atoms with Crippen LogP contribution < -0.4 is 19.7 Å². The van der Waals surface area contributed by atoms with Crippen LogP contribution in [0.1, 0.15) is 137 Å². The predicted octanol–water partition coefficient (Wildman–Crippen LogP) is 11.5. The standard InChI is InChI=1S/C59H67ClF3N5O9/c1-37(36-77-49-21-26-64-48-16-7-11-38(2)52(48)49)29-43-31-40-19-20-46(33-47(40)57(43)22-24-58(25-23-57,56(72)74-4)68(55(71)59(61,62)63)45-15-9-14-44(60)32-45)75-28-10-17-50(69)66-53(54(70)73-3)41-13-8-12-39(30-41)42-34-65-67(35-42)51-18-5-6-27-76-51/h8-9,12-15,19-21,26,30,32-35,37-38,43,51,53H,5-7,10-11,16-18,22-25,27-29,31,36H2,1-4H3,(H,66,69)/t37-,38-,43+,51?,53-,57?,58?/m1/s1. The summed E-state index contributed by atoms with van der Waals surface area (Å²) in [4.78, 5) is 59.5. The van der Waals surface area contributed by atoms with E-state index in [2.05, 4.69) is 29.2 Å². The third-order valence-electron chi connectivity index (χ3n) is 16.3. The molecule has 5 atom stereocenters. The maximum Gasteiger partial charge on any atom is 0.471 e. The van der Waals surface area contributed by atoms with Crippen LogP contribution in [0, 0.1) is 11.8 Å². The van der Waals surface area contributed by atoms with Crippen molar-refractivity contribution in [2.45, 2.75) is 139 Å². The lowest BCUT2D eigenvalue weighted by molar-refractivity contribution is -0.174. The van der Waals surface area contributed by atoms with Gasteiger partial charge in [-0.3, -0.25) is 19.5 Å². The minimum absolute atomic E-state index is 0.0220. The van der Waals surface area contributed by atoms with E-state index in [0.717, 1.165) is 84.9 Å². The number of nitrogens with zero attached hydrogens (tertiary/aromatic N) is 4. The van der Waals surface area contributed by atoms with Gasteiger partial charge in [0.1, 0.15) is 23.3 Å². The van der Waals surface area contributed by atoms with Crippen molar-refractivity contribution < 1.29 is 56.0 Å². The van der Waals surface area contributed by atoms with Crippen molar-refractivity contribution in [3.63, 3.8) is 0 Å². The summed E-state index contributed by atoms with van der Waals surface area (Å²) in [5.74, 6) is -2.41. The number of halogens is 4. The molecule has 1 N–H and O–H groups in total. The number of pyridine rings is 1. The zero-order valence-corrected chi connectivity index (χ0v) is 44.8. The molecule has 5 aromatic rings. The van der Waals surface area contributed by atoms with Crippen molar-refractivity contribution in [1.82, 2.24) is 20.1 Å². The van der Waals surface area contributed by atoms with Crippen molar-refractivity contribution in [2.24, 2.45) is 11.8 Å². The van der Waals surface area contributed by atoms with Gasteiger partial charge in [0.05, 0.1) is 33.6 Å². The molecule has 410 valence electrons. The van der Waals surface area contributed by atoms with Crippen molar-refractivity contribution in [1.29, 1.82) is 0 Å². The number of rotatable bonds is 18. The fourth-order valence-corrected chi connectivity index (χ4v) is 12.6. The number of fused-ring (bicyclic) bond motifs is 3. The first kappa shape index (κ1) is 55.3. The maximum absolute atomic E-state index is 14.6. The number of carbonyl (C=O) groups is 4. The Morgan fingerprint density at radius 3 is 2.48 bits per heavy atom. The van der Waals surface area contributed by atoms with Crippen LogP contribution in [0.2, 0.25) is 5.02 Å². The highest BCUT2D eigenvalue weighted by Gasteiger charge is 2.60. The number of esters is 2. The van der Waals surface area contributed by atoms with E-state index in [1.807, 2.05) is 53.3 Å². The van der Waals surface area contributed by atoms with Crippen LogP contribution in [-0.2, 0) is 51.6 Å². The summed E-state index contributed by atoms with van der Waals surface area (Å²) >= 11 is 6.31. The summed E-state index contributed by atoms with van der Waals surface area (Å²) < 4.78 is 74.9. The summed E-state index contributed by atoms with van der Waals surface area (Å²) in [6, 6.07) is 19.6. The Hall–Kier alpha value is -6.46. The minimum Gasteiger partial charge on any atom is -0.494 e. The van der Waals surface area contributed by atoms with Gasteiger partial charge in [-0.25, -0.2) is 14.3 Å². The first-order valence-corrected chi connectivity index (χ1v) is 27.2. The largest absolute Gasteiger partial charge is 0.494 e. The van der Waals surface area contributed by atoms with Crippen LogP contribution in [0.15, 0.2) is 91.4 Å². The van der Waals surface area contributed by atoms with E-state index in [4.69, 9.17) is 35.3 Å². The second-order valence-corrected chi connectivity index (χ2v) is 21.7. The fourth-order valence-electron chi connectivity index (χ4n) is 12.5. The summed E-state index contributed by atoms with van der Waals surface area (Å²) in [6.07, 6.45) is 7.96. The summed E-state index contributed by atoms with van der Waals surface area (Å²) in [5, 5.41) is 7.48. The van der Waals surface area contributed by atoms with Gasteiger partial charge in [0, 0.05) is 53.0 Å². The number of nitrogens with one attached hydrogen (secondary N) is 1. The summed E-state index contributed by atoms with van der Waals surface area (Å²) in [7, 11) is 2.39. The molecule has 2 fully saturated rings. The molecule has 77 heavy (non-hydrogen) atoms. The number of aryl methyl sites for hydroxylation is 1. The quantitative estimate of drug-likeness (QED) is 0.0657. The minimum atomic E-state index is -5.32. The molecule has 1 spiro atoms. The SMILES string of the molecule is COC(=O)[C@H](NC(=O)CCCOc1ccc2c(c1)C1(CCC(C(=O)OC)(N(C(=O)C(F)(F)F)c3cccc(Cl)c3)CC1)[C@@H](C[C@@H](C)COc1ccnc3c1[C@H](C)CCC3)C2)c1cccc(-c2cnn(C3CCCCO3)c2)c1. The normalized spacial score (nSPS) is 22.7. The number of carbonyl (C=O) groups excluding carboxylic acids is 4. The lowest BCUT2D eigenvalue weighted by Crippen LogP contribution is -2.63. The first-order valence-electron chi connectivity index (χ1n) is 26.8. The number of benzene rings is 3. The molecular formula is C59H67ClF3N5O9. The highest BCUT2D eigenvalue weighted by atomic mass is 35.5. The molecule has 1 aliphatic heterocycles. The second-order valence-electron chi connectivity index (χ2n) is 21.3. The monoisotopic (exact) mass is 1080 g/mol. The molecular weight excluding hydrogens is 1020 g/mol. The Morgan fingerprint density at radius 1 is 0.935 bits per heavy atom. The van der Waals surface area contributed by atoms with Crippen molar-refractivity contribution >= 4 is 41.0 Å². The van der Waals surface area contributed by atoms with Crippen LogP contribution in [0.3, 0.4) is 0 Å². The molecule has 1 saturated carbocycles. The Bertz CT molecular complexity index is 2930. The molecule has 0 radical (unpaired) electrons. The van der Waals surface area contributed by atoms with Gasteiger partial charge in [-0.05, 0) is 171 Å². The Labute approximate surface area is 452 Å². The van der Waals surface area contributed by atoms with Crippen LogP contribution in [0.5, 0.6) is 11.5 Å². The molecule has 1 unspecified atom stereocenters. The number of methoxy groups -OCH3 is 2. The summed E-state index contributed by atoms with van der Waals surface area (Å²) in [5.41, 5.74) is 3.64. The van der Waals surface area contributed by atoms with E-state index in [0.29, 0.717) is 54.6 Å². The predicted molar refractivity (Wildman–Crippen MR) is 283 cm³/mol. The zero-order chi connectivity index (χ0) is 54.5. The molecule has 18 heteroatoms. The van der Waals surface area contributed by atoms with Gasteiger partial charge in [0.2, 0.25) is 5.91 Å². The number of aromatic nitrogens is 3. The highest BCUT2D eigenvalue weighted by molar-refractivity contribution is 6.31. The molecule has 3 heterocycles. The van der Waals surface area contributed by atoms with E-state index in [9.17, 15) is 32.3 Å². The van der Waals surface area contributed by atoms with Crippen LogP contribution in [-0.4, -0.2) is 84.3 Å². The Morgan fingerprint density at radius 2 is 1.74 bits per heavy atom. The summed E-state index contributed by atoms with van der Waals surface area (Å²) in [6.45, 7) is 5.61. The van der Waals surface area contributed by atoms with Gasteiger partial charge >= 0.3 is 24.0 Å². The number of hydrogen-bond donors (Lipinski definition) is 1. The molecule has 4 aliphatic rings. The molecule has 3 aliphatic carbocycles. The smallest absolute Gasteiger partial charge is 0.471 e. The molecule has 1 saturated heterocycles. The molecule has 0 bridgehead atoms. The van der Waals surface area contributed by atoms with Gasteiger partial charge in [-0.2, -0.15) is 18.3 Å². The van der Waals surface area contributed by atoms with Gasteiger partial charge in [0.25, 0.3) is 0 Å². The highest BCUT2D eigenvalue weighted by Crippen LogP contribution is 2.58. The lowest BCUT2D eigenvalue weighted by atomic mass is 9.59. The maximum atomic E-state index is 14.6. The van der Waals surface area contributed by atoms with Crippen LogP contribution in [0.25, 0.3) is 11.1 Å². The van der Waals surface area contributed by atoms with Crippen molar-refractivity contribution in [3.05, 3.63) is 124 Å². The average molecular weight is 1080 g/mol. The van der Waals surface area contributed by atoms with E-state index in [1.54, 1.807) is 18.5 Å². The van der Waals surface area contributed by atoms with E-state index in [-0.39, 0.29) is 73.4 Å². The Balaban J connectivity index is 0.919. The number of ether oxygens (including phenoxy) is 5. The van der Waals surface area contributed by atoms with Crippen molar-refractivity contribution in [3.8, 4) is 22.6 Å². The molecule has 14 nitrogen and oxygen atoms in total. The number of anilines is 1. The van der Waals surface area contributed by atoms with E-state index in [1.165, 1.54) is 31.4 Å². The molecule has 9 rings (SSSR count). The van der Waals surface area contributed by atoms with Crippen molar-refractivity contribution in [2.75, 3.05) is 38.9 Å². The van der Waals surface area contributed by atoms with E-state index < -0.39 is 41.0 Å². The number of hydrogen-bond acceptors (Lipinski definition) is 11. The molecule has 2 amide bonds.